The number of nitrogens with zero attached hydrogens (tertiary/aromatic N) is 5. The third-order valence-corrected chi connectivity index (χ3v) is 11.2. The Bertz CT molecular complexity index is 3080. The summed E-state index contributed by atoms with van der Waals surface area (Å²) >= 11 is 0. The van der Waals surface area contributed by atoms with Gasteiger partial charge in [0.25, 0.3) is 0 Å². The van der Waals surface area contributed by atoms with E-state index in [1.807, 2.05) is 18.2 Å². The van der Waals surface area contributed by atoms with Gasteiger partial charge in [-0.1, -0.05) is 129 Å². The van der Waals surface area contributed by atoms with Gasteiger partial charge in [-0.2, -0.15) is 9.97 Å². The maximum absolute atomic E-state index is 5.33. The Labute approximate surface area is 306 Å². The molecule has 0 atom stereocenters. The molecule has 0 N–H and O–H groups in total. The van der Waals surface area contributed by atoms with E-state index in [-0.39, 0.29) is 5.41 Å². The summed E-state index contributed by atoms with van der Waals surface area (Å²) < 4.78 is 4.57. The first-order valence-corrected chi connectivity index (χ1v) is 18.1. The standard InChI is InChI=1S/C48H33N5/c1-48(2)38-22-12-9-19-33(38)35-26-28-42-43(44(35)48)36-21-11-14-24-40(36)53(42)47-50-45(30-15-5-3-6-16-30)49-46(51-47)31-25-27-41-37(29-31)34-20-10-13-23-39(34)52(41)32-17-7-4-8-18-32/h3-29H,1-2H3. The zero-order chi connectivity index (χ0) is 35.3. The zero-order valence-electron chi connectivity index (χ0n) is 29.3. The van der Waals surface area contributed by atoms with Crippen molar-refractivity contribution in [1.29, 1.82) is 0 Å². The van der Waals surface area contributed by atoms with E-state index in [2.05, 4.69) is 169 Å². The van der Waals surface area contributed by atoms with Gasteiger partial charge in [0.15, 0.2) is 11.6 Å². The predicted molar refractivity (Wildman–Crippen MR) is 217 cm³/mol. The van der Waals surface area contributed by atoms with Crippen LogP contribution in [0.1, 0.15) is 25.0 Å². The predicted octanol–water partition coefficient (Wildman–Crippen LogP) is 11.7. The topological polar surface area (TPSA) is 48.5 Å². The first kappa shape index (κ1) is 29.8. The van der Waals surface area contributed by atoms with Crippen LogP contribution < -0.4 is 0 Å². The SMILES string of the molecule is CC1(C)c2ccccc2-c2ccc3c(c21)c1ccccc1n3-c1nc(-c2ccccc2)nc(-c2ccc3c(c2)c2ccccc2n3-c2ccccc2)n1. The second-order valence-electron chi connectivity index (χ2n) is 14.5. The number of hydrogen-bond donors (Lipinski definition) is 0. The highest BCUT2D eigenvalue weighted by Gasteiger charge is 2.38. The highest BCUT2D eigenvalue weighted by atomic mass is 15.2. The van der Waals surface area contributed by atoms with E-state index in [1.165, 1.54) is 38.4 Å². The Morgan fingerprint density at radius 1 is 0.434 bits per heavy atom. The Morgan fingerprint density at radius 3 is 1.83 bits per heavy atom. The van der Waals surface area contributed by atoms with Crippen molar-refractivity contribution in [2.24, 2.45) is 0 Å². The molecule has 250 valence electrons. The minimum Gasteiger partial charge on any atom is -0.309 e. The van der Waals surface area contributed by atoms with Crippen molar-refractivity contribution in [3.8, 4) is 45.5 Å². The molecule has 0 spiro atoms. The van der Waals surface area contributed by atoms with Crippen molar-refractivity contribution >= 4 is 43.6 Å². The van der Waals surface area contributed by atoms with Gasteiger partial charge in [-0.3, -0.25) is 4.57 Å². The Hall–Kier alpha value is -6.85. The lowest BCUT2D eigenvalue weighted by Crippen LogP contribution is -2.15. The molecule has 5 nitrogen and oxygen atoms in total. The van der Waals surface area contributed by atoms with E-state index in [0.717, 1.165) is 44.3 Å². The molecule has 7 aromatic carbocycles. The summed E-state index contributed by atoms with van der Waals surface area (Å²) in [6, 6.07) is 58.0. The van der Waals surface area contributed by atoms with Crippen LogP contribution in [0.5, 0.6) is 0 Å². The summed E-state index contributed by atoms with van der Waals surface area (Å²) in [4.78, 5) is 15.7. The van der Waals surface area contributed by atoms with Crippen molar-refractivity contribution in [3.05, 3.63) is 175 Å². The third kappa shape index (κ3) is 4.28. The summed E-state index contributed by atoms with van der Waals surface area (Å²) in [6.45, 7) is 4.70. The van der Waals surface area contributed by atoms with Crippen LogP contribution in [0.2, 0.25) is 0 Å². The van der Waals surface area contributed by atoms with Crippen molar-refractivity contribution < 1.29 is 0 Å². The Morgan fingerprint density at radius 2 is 1.04 bits per heavy atom. The average Bonchev–Trinajstić information content (AvgIpc) is 3.81. The molecule has 0 saturated heterocycles. The first-order chi connectivity index (χ1) is 26.1. The third-order valence-electron chi connectivity index (χ3n) is 11.2. The maximum atomic E-state index is 5.33. The Balaban J connectivity index is 1.18. The number of rotatable bonds is 4. The summed E-state index contributed by atoms with van der Waals surface area (Å²) in [7, 11) is 0. The molecule has 0 fully saturated rings. The minimum atomic E-state index is -0.172. The highest BCUT2D eigenvalue weighted by Crippen LogP contribution is 2.53. The molecule has 0 amide bonds. The molecule has 3 heterocycles. The van der Waals surface area contributed by atoms with Crippen LogP contribution in [0.3, 0.4) is 0 Å². The van der Waals surface area contributed by atoms with Gasteiger partial charge in [-0.15, -0.1) is 0 Å². The van der Waals surface area contributed by atoms with E-state index < -0.39 is 0 Å². The van der Waals surface area contributed by atoms with Crippen LogP contribution in [0.15, 0.2) is 164 Å². The van der Waals surface area contributed by atoms with Crippen LogP contribution in [-0.2, 0) is 5.41 Å². The fourth-order valence-electron chi connectivity index (χ4n) is 8.82. The van der Waals surface area contributed by atoms with Gasteiger partial charge in [0.2, 0.25) is 5.95 Å². The van der Waals surface area contributed by atoms with Gasteiger partial charge < -0.3 is 4.57 Å². The Kier molecular flexibility index (Phi) is 6.23. The molecule has 11 rings (SSSR count). The lowest BCUT2D eigenvalue weighted by atomic mass is 9.80. The zero-order valence-corrected chi connectivity index (χ0v) is 29.3. The van der Waals surface area contributed by atoms with E-state index in [0.29, 0.717) is 17.6 Å². The average molecular weight is 680 g/mol. The quantitative estimate of drug-likeness (QED) is 0.186. The molecule has 1 aliphatic rings. The molecule has 3 aromatic heterocycles. The maximum Gasteiger partial charge on any atom is 0.238 e. The molecule has 0 unspecified atom stereocenters. The fourth-order valence-corrected chi connectivity index (χ4v) is 8.82. The van der Waals surface area contributed by atoms with Crippen LogP contribution in [0.25, 0.3) is 89.2 Å². The number of fused-ring (bicyclic) bond motifs is 10. The van der Waals surface area contributed by atoms with E-state index >= 15 is 0 Å². The van der Waals surface area contributed by atoms with Gasteiger partial charge in [-0.05, 0) is 70.8 Å². The van der Waals surface area contributed by atoms with Gasteiger partial charge >= 0.3 is 0 Å². The normalized spacial score (nSPS) is 13.2. The number of aromatic nitrogens is 5. The molecule has 10 aromatic rings. The van der Waals surface area contributed by atoms with Crippen molar-refractivity contribution in [1.82, 2.24) is 24.1 Å². The van der Waals surface area contributed by atoms with Crippen molar-refractivity contribution in [3.63, 3.8) is 0 Å². The number of para-hydroxylation sites is 3. The summed E-state index contributed by atoms with van der Waals surface area (Å²) in [5.74, 6) is 1.87. The van der Waals surface area contributed by atoms with Crippen LogP contribution in [-0.4, -0.2) is 24.1 Å². The van der Waals surface area contributed by atoms with Gasteiger partial charge in [0.1, 0.15) is 0 Å². The van der Waals surface area contributed by atoms with Crippen molar-refractivity contribution in [2.75, 3.05) is 0 Å². The molecular weight excluding hydrogens is 647 g/mol. The lowest BCUT2D eigenvalue weighted by molar-refractivity contribution is 0.666. The monoisotopic (exact) mass is 679 g/mol. The van der Waals surface area contributed by atoms with Gasteiger partial charge in [0, 0.05) is 43.8 Å². The minimum absolute atomic E-state index is 0.172. The van der Waals surface area contributed by atoms with Crippen LogP contribution >= 0.6 is 0 Å². The molecule has 0 aliphatic heterocycles. The summed E-state index contributed by atoms with van der Waals surface area (Å²) in [5, 5.41) is 4.78. The number of hydrogen-bond acceptors (Lipinski definition) is 3. The molecular formula is C48H33N5. The first-order valence-electron chi connectivity index (χ1n) is 18.1. The number of benzene rings is 7. The molecule has 0 radical (unpaired) electrons. The fraction of sp³-hybridized carbons (Fsp3) is 0.0625. The molecule has 5 heteroatoms. The summed E-state index contributed by atoms with van der Waals surface area (Å²) in [5.41, 5.74) is 12.6. The molecule has 0 saturated carbocycles. The van der Waals surface area contributed by atoms with E-state index in [1.54, 1.807) is 0 Å². The van der Waals surface area contributed by atoms with Crippen molar-refractivity contribution in [2.45, 2.75) is 19.3 Å². The van der Waals surface area contributed by atoms with E-state index in [4.69, 9.17) is 15.0 Å². The van der Waals surface area contributed by atoms with Gasteiger partial charge in [0.05, 0.1) is 22.1 Å². The molecule has 0 bridgehead atoms. The largest absolute Gasteiger partial charge is 0.309 e. The lowest BCUT2D eigenvalue weighted by Gasteiger charge is -2.22. The van der Waals surface area contributed by atoms with E-state index in [9.17, 15) is 0 Å². The second-order valence-corrected chi connectivity index (χ2v) is 14.5. The molecule has 1 aliphatic carbocycles. The smallest absolute Gasteiger partial charge is 0.238 e. The second kappa shape index (κ2) is 11.1. The van der Waals surface area contributed by atoms with Crippen LogP contribution in [0, 0.1) is 0 Å². The van der Waals surface area contributed by atoms with Crippen LogP contribution in [0.4, 0.5) is 0 Å². The summed E-state index contributed by atoms with van der Waals surface area (Å²) in [6.07, 6.45) is 0. The molecule has 53 heavy (non-hydrogen) atoms. The highest BCUT2D eigenvalue weighted by molar-refractivity contribution is 6.14. The van der Waals surface area contributed by atoms with Gasteiger partial charge in [-0.25, -0.2) is 4.98 Å².